The first kappa shape index (κ1) is 28.6. The molecule has 192 valence electrons. The summed E-state index contributed by atoms with van der Waals surface area (Å²) < 4.78 is 28.7. The second-order valence-corrected chi connectivity index (χ2v) is 6.40. The Labute approximate surface area is 198 Å². The molecule has 15 nitrogen and oxygen atoms in total. The van der Waals surface area contributed by atoms with Crippen molar-refractivity contribution in [3.05, 3.63) is 28.3 Å². The van der Waals surface area contributed by atoms with E-state index >= 15 is 0 Å². The highest BCUT2D eigenvalue weighted by molar-refractivity contribution is 5.83. The van der Waals surface area contributed by atoms with E-state index in [1.54, 1.807) is 6.92 Å². The van der Waals surface area contributed by atoms with Gasteiger partial charge in [0.15, 0.2) is 6.61 Å². The molecule has 35 heavy (non-hydrogen) atoms. The summed E-state index contributed by atoms with van der Waals surface area (Å²) in [5.41, 5.74) is -0.420. The lowest BCUT2D eigenvalue weighted by Crippen LogP contribution is -2.37. The monoisotopic (exact) mass is 500 g/mol. The Morgan fingerprint density at radius 3 is 1.86 bits per heavy atom. The van der Waals surface area contributed by atoms with Crippen molar-refractivity contribution in [2.24, 2.45) is 0 Å². The molecule has 1 aromatic carbocycles. The fourth-order valence-corrected chi connectivity index (χ4v) is 2.32. The van der Waals surface area contributed by atoms with E-state index in [1.807, 2.05) is 0 Å². The molecule has 15 heteroatoms. The first-order valence-electron chi connectivity index (χ1n) is 9.93. The minimum Gasteiger partial charge on any atom is -0.479 e. The van der Waals surface area contributed by atoms with E-state index in [-0.39, 0.29) is 18.0 Å². The Balaban J connectivity index is 3.18. The number of hydrogen-bond donors (Lipinski definition) is 0. The van der Waals surface area contributed by atoms with Crippen LogP contribution >= 0.6 is 0 Å². The summed E-state index contributed by atoms with van der Waals surface area (Å²) in [6.07, 6.45) is 0. The molecule has 1 rings (SSSR count). The van der Waals surface area contributed by atoms with Crippen LogP contribution in [0.3, 0.4) is 0 Å². The number of ether oxygens (including phenoxy) is 6. The van der Waals surface area contributed by atoms with Crippen LogP contribution < -0.4 is 9.64 Å². The number of carbonyl (C=O) groups excluding carboxylic acids is 5. The van der Waals surface area contributed by atoms with Crippen molar-refractivity contribution in [2.75, 3.05) is 44.8 Å². The Morgan fingerprint density at radius 2 is 1.40 bits per heavy atom. The van der Waals surface area contributed by atoms with Crippen LogP contribution in [0, 0.1) is 10.1 Å². The van der Waals surface area contributed by atoms with Crippen LogP contribution in [0.5, 0.6) is 5.75 Å². The number of non-ortho nitro benzene ring substituents is 1. The molecule has 0 radical (unpaired) electrons. The molecule has 1 aromatic rings. The lowest BCUT2D eigenvalue weighted by atomic mass is 10.2. The highest BCUT2D eigenvalue weighted by atomic mass is 16.7. The topological polar surface area (TPSA) is 187 Å². The lowest BCUT2D eigenvalue weighted by molar-refractivity contribution is -0.384. The maximum atomic E-state index is 12.2. The summed E-state index contributed by atoms with van der Waals surface area (Å²) >= 11 is 0. The number of anilines is 1. The molecule has 0 saturated carbocycles. The Morgan fingerprint density at radius 1 is 0.857 bits per heavy atom. The zero-order chi connectivity index (χ0) is 26.4. The zero-order valence-electron chi connectivity index (χ0n) is 19.2. The Kier molecular flexibility index (Phi) is 12.0. The van der Waals surface area contributed by atoms with E-state index in [4.69, 9.17) is 18.9 Å². The van der Waals surface area contributed by atoms with Crippen LogP contribution in [0.25, 0.3) is 0 Å². The summed E-state index contributed by atoms with van der Waals surface area (Å²) in [6, 6.07) is 3.24. The van der Waals surface area contributed by atoms with Crippen LogP contribution in [0.2, 0.25) is 0 Å². The number of rotatable bonds is 14. The lowest BCUT2D eigenvalue weighted by Gasteiger charge is -2.25. The van der Waals surface area contributed by atoms with E-state index in [2.05, 4.69) is 9.47 Å². The van der Waals surface area contributed by atoms with Crippen molar-refractivity contribution >= 4 is 41.2 Å². The van der Waals surface area contributed by atoms with E-state index in [0.717, 1.165) is 30.9 Å². The van der Waals surface area contributed by atoms with E-state index in [1.165, 1.54) is 6.07 Å². The third-order valence-electron chi connectivity index (χ3n) is 3.75. The first-order chi connectivity index (χ1) is 16.5. The van der Waals surface area contributed by atoms with Crippen molar-refractivity contribution < 1.29 is 57.3 Å². The average molecular weight is 500 g/mol. The number of nitrogens with zero attached hydrogens (tertiary/aromatic N) is 2. The van der Waals surface area contributed by atoms with Crippen molar-refractivity contribution in [1.82, 2.24) is 0 Å². The third kappa shape index (κ3) is 11.3. The summed E-state index contributed by atoms with van der Waals surface area (Å²) in [4.78, 5) is 69.4. The molecule has 0 bridgehead atoms. The molecule has 0 aromatic heterocycles. The maximum Gasteiger partial charge on any atom is 0.344 e. The van der Waals surface area contributed by atoms with Gasteiger partial charge in [-0.3, -0.25) is 29.3 Å². The molecule has 0 unspecified atom stereocenters. The van der Waals surface area contributed by atoms with Crippen LogP contribution in [0.4, 0.5) is 11.4 Å². The van der Waals surface area contributed by atoms with Gasteiger partial charge in [-0.15, -0.1) is 0 Å². The quantitative estimate of drug-likeness (QED) is 0.113. The van der Waals surface area contributed by atoms with Crippen molar-refractivity contribution in [1.29, 1.82) is 0 Å². The summed E-state index contributed by atoms with van der Waals surface area (Å²) in [6.45, 7) is 0.585. The van der Waals surface area contributed by atoms with Gasteiger partial charge < -0.3 is 33.3 Å². The number of hydrogen-bond acceptors (Lipinski definition) is 14. The zero-order valence-corrected chi connectivity index (χ0v) is 19.2. The van der Waals surface area contributed by atoms with Gasteiger partial charge in [-0.05, 0) is 13.0 Å². The van der Waals surface area contributed by atoms with Gasteiger partial charge in [-0.1, -0.05) is 0 Å². The van der Waals surface area contributed by atoms with Gasteiger partial charge in [0.1, 0.15) is 18.8 Å². The molecule has 0 aliphatic heterocycles. The molecule has 0 spiro atoms. The molecule has 0 atom stereocenters. The van der Waals surface area contributed by atoms with Crippen molar-refractivity contribution in [2.45, 2.75) is 20.8 Å². The molecule has 0 N–H and O–H groups in total. The highest BCUT2D eigenvalue weighted by Gasteiger charge is 2.23. The van der Waals surface area contributed by atoms with Gasteiger partial charge in [0.25, 0.3) is 5.69 Å². The van der Waals surface area contributed by atoms with Gasteiger partial charge in [-0.25, -0.2) is 4.79 Å². The molecule has 0 saturated heterocycles. The maximum absolute atomic E-state index is 12.2. The smallest absolute Gasteiger partial charge is 0.344 e. The molecule has 0 heterocycles. The molecule has 0 fully saturated rings. The molecular weight excluding hydrogens is 476 g/mol. The molecular formula is C20H24N2O13. The number of nitro benzene ring substituents is 1. The van der Waals surface area contributed by atoms with Crippen LogP contribution in [-0.4, -0.2) is 74.7 Å². The number of carbonyl (C=O) groups is 5. The third-order valence-corrected chi connectivity index (χ3v) is 3.75. The van der Waals surface area contributed by atoms with Crippen LogP contribution in [-0.2, 0) is 47.7 Å². The standard InChI is InChI=1S/C20H24N2O13/c1-4-30-20(27)10-31-17-7-15(22(28)29)5-6-16(17)21(8-18(25)34-11-32-13(2)23)9-19(26)35-12-33-14(3)24/h5-7H,4,8-12H2,1-3H3. The molecule has 0 aliphatic carbocycles. The highest BCUT2D eigenvalue weighted by Crippen LogP contribution is 2.32. The van der Waals surface area contributed by atoms with Gasteiger partial charge in [-0.2, -0.15) is 0 Å². The van der Waals surface area contributed by atoms with Gasteiger partial charge in [0, 0.05) is 19.9 Å². The van der Waals surface area contributed by atoms with E-state index in [9.17, 15) is 34.1 Å². The average Bonchev–Trinajstić information content (AvgIpc) is 2.76. The normalized spacial score (nSPS) is 9.91. The SMILES string of the molecule is CCOC(=O)COc1cc([N+](=O)[O-])ccc1N(CC(=O)OCOC(C)=O)CC(=O)OCOC(C)=O. The second kappa shape index (κ2) is 14.7. The van der Waals surface area contributed by atoms with Crippen molar-refractivity contribution in [3.63, 3.8) is 0 Å². The Hall–Kier alpha value is -4.43. The van der Waals surface area contributed by atoms with Gasteiger partial charge in [0.05, 0.1) is 23.3 Å². The summed E-state index contributed by atoms with van der Waals surface area (Å²) in [5, 5.41) is 11.2. The minimum atomic E-state index is -0.950. The summed E-state index contributed by atoms with van der Waals surface area (Å²) in [7, 11) is 0. The Bertz CT molecular complexity index is 913. The molecule has 0 aliphatic rings. The predicted octanol–water partition coefficient (Wildman–Crippen LogP) is 0.471. The van der Waals surface area contributed by atoms with E-state index < -0.39 is 73.7 Å². The number of esters is 5. The number of benzene rings is 1. The fourth-order valence-electron chi connectivity index (χ4n) is 2.32. The second-order valence-electron chi connectivity index (χ2n) is 6.40. The van der Waals surface area contributed by atoms with Gasteiger partial charge >= 0.3 is 29.8 Å². The first-order valence-corrected chi connectivity index (χ1v) is 9.93. The van der Waals surface area contributed by atoms with Gasteiger partial charge in [0.2, 0.25) is 13.6 Å². The largest absolute Gasteiger partial charge is 0.479 e. The fraction of sp³-hybridized carbons (Fsp3) is 0.450. The van der Waals surface area contributed by atoms with Crippen molar-refractivity contribution in [3.8, 4) is 5.75 Å². The summed E-state index contributed by atoms with van der Waals surface area (Å²) in [5.74, 6) is -4.30. The van der Waals surface area contributed by atoms with E-state index in [0.29, 0.717) is 0 Å². The van der Waals surface area contributed by atoms with Crippen LogP contribution in [0.15, 0.2) is 18.2 Å². The predicted molar refractivity (Wildman–Crippen MR) is 113 cm³/mol. The van der Waals surface area contributed by atoms with Crippen LogP contribution in [0.1, 0.15) is 20.8 Å². The molecule has 0 amide bonds. The minimum absolute atomic E-state index is 0.0197. The number of nitro groups is 1.